The van der Waals surface area contributed by atoms with Crippen LogP contribution in [0.25, 0.3) is 0 Å². The van der Waals surface area contributed by atoms with E-state index in [0.717, 1.165) is 6.54 Å². The Hall–Kier alpha value is -0.0400. The van der Waals surface area contributed by atoms with Gasteiger partial charge in [0.1, 0.15) is 0 Å². The predicted octanol–water partition coefficient (Wildman–Crippen LogP) is 4.76. The minimum atomic E-state index is 0.270. The molecule has 0 aromatic carbocycles. The molecule has 0 heterocycles. The third-order valence-corrected chi connectivity index (χ3v) is 3.14. The van der Waals surface area contributed by atoms with Crippen LogP contribution in [0.5, 0.6) is 0 Å². The molecule has 0 fully saturated rings. The standard InChI is InChI=1S/C15H33N/c1-7-8-9-11-15(5,6)12-10-13-16-14(2,3)4/h16H,7-13H2,1-6H3. The lowest BCUT2D eigenvalue weighted by molar-refractivity contribution is 0.279. The first-order valence-corrected chi connectivity index (χ1v) is 7.02. The van der Waals surface area contributed by atoms with E-state index < -0.39 is 0 Å². The van der Waals surface area contributed by atoms with Gasteiger partial charge in [-0.3, -0.25) is 0 Å². The molecule has 0 aliphatic carbocycles. The zero-order valence-electron chi connectivity index (χ0n) is 12.4. The minimum Gasteiger partial charge on any atom is -0.312 e. The van der Waals surface area contributed by atoms with Crippen LogP contribution in [0.4, 0.5) is 0 Å². The summed E-state index contributed by atoms with van der Waals surface area (Å²) in [5, 5.41) is 3.56. The van der Waals surface area contributed by atoms with Gasteiger partial charge in [0.15, 0.2) is 0 Å². The number of hydrogen-bond donors (Lipinski definition) is 1. The van der Waals surface area contributed by atoms with Gasteiger partial charge in [-0.2, -0.15) is 0 Å². The van der Waals surface area contributed by atoms with Gasteiger partial charge >= 0.3 is 0 Å². The van der Waals surface area contributed by atoms with Crippen LogP contribution in [-0.4, -0.2) is 12.1 Å². The van der Waals surface area contributed by atoms with E-state index in [1.54, 1.807) is 0 Å². The minimum absolute atomic E-state index is 0.270. The maximum Gasteiger partial charge on any atom is 0.00965 e. The van der Waals surface area contributed by atoms with Crippen molar-refractivity contribution in [1.29, 1.82) is 0 Å². The molecule has 0 aromatic heterocycles. The third kappa shape index (κ3) is 10.5. The monoisotopic (exact) mass is 227 g/mol. The van der Waals surface area contributed by atoms with Crippen LogP contribution in [0, 0.1) is 5.41 Å². The SMILES string of the molecule is CCCCCC(C)(C)CCCNC(C)(C)C. The number of nitrogens with one attached hydrogen (secondary N) is 1. The molecule has 16 heavy (non-hydrogen) atoms. The van der Waals surface area contributed by atoms with E-state index in [1.807, 2.05) is 0 Å². The Bertz CT molecular complexity index is 165. The highest BCUT2D eigenvalue weighted by Gasteiger charge is 2.17. The second-order valence-corrected chi connectivity index (χ2v) is 6.90. The maximum atomic E-state index is 3.56. The first-order chi connectivity index (χ1) is 7.27. The van der Waals surface area contributed by atoms with Crippen LogP contribution >= 0.6 is 0 Å². The third-order valence-electron chi connectivity index (χ3n) is 3.14. The molecule has 0 rings (SSSR count). The van der Waals surface area contributed by atoms with Crippen molar-refractivity contribution in [3.05, 3.63) is 0 Å². The fourth-order valence-electron chi connectivity index (χ4n) is 2.01. The van der Waals surface area contributed by atoms with Crippen molar-refractivity contribution in [1.82, 2.24) is 5.32 Å². The Kier molecular flexibility index (Phi) is 7.30. The van der Waals surface area contributed by atoms with Gasteiger partial charge in [0, 0.05) is 5.54 Å². The molecule has 0 radical (unpaired) electrons. The Morgan fingerprint density at radius 3 is 1.88 bits per heavy atom. The van der Waals surface area contributed by atoms with E-state index in [0.29, 0.717) is 5.41 Å². The van der Waals surface area contributed by atoms with E-state index in [2.05, 4.69) is 46.9 Å². The molecule has 1 heteroatoms. The van der Waals surface area contributed by atoms with Crippen LogP contribution in [0.15, 0.2) is 0 Å². The Morgan fingerprint density at radius 2 is 1.38 bits per heavy atom. The molecule has 98 valence electrons. The van der Waals surface area contributed by atoms with Gasteiger partial charge in [0.25, 0.3) is 0 Å². The molecule has 0 saturated heterocycles. The van der Waals surface area contributed by atoms with Crippen molar-refractivity contribution < 1.29 is 0 Å². The van der Waals surface area contributed by atoms with Crippen molar-refractivity contribution in [2.75, 3.05) is 6.54 Å². The van der Waals surface area contributed by atoms with Gasteiger partial charge in [-0.05, 0) is 52.0 Å². The molecule has 0 bridgehead atoms. The van der Waals surface area contributed by atoms with Crippen molar-refractivity contribution >= 4 is 0 Å². The summed E-state index contributed by atoms with van der Waals surface area (Å²) in [6, 6.07) is 0. The van der Waals surface area contributed by atoms with Crippen molar-refractivity contribution in [2.45, 2.75) is 85.6 Å². The Labute approximate surface area is 103 Å². The summed E-state index contributed by atoms with van der Waals surface area (Å²) in [6.45, 7) is 15.0. The number of hydrogen-bond acceptors (Lipinski definition) is 1. The average molecular weight is 227 g/mol. The lowest BCUT2D eigenvalue weighted by atomic mass is 9.82. The molecule has 0 aromatic rings. The second kappa shape index (κ2) is 7.32. The van der Waals surface area contributed by atoms with Gasteiger partial charge in [-0.25, -0.2) is 0 Å². The van der Waals surface area contributed by atoms with Gasteiger partial charge < -0.3 is 5.32 Å². The molecule has 1 nitrogen and oxygen atoms in total. The topological polar surface area (TPSA) is 12.0 Å². The molecule has 0 aliphatic rings. The molecule has 0 amide bonds. The van der Waals surface area contributed by atoms with Crippen LogP contribution in [0.1, 0.15) is 80.1 Å². The summed E-state index contributed by atoms with van der Waals surface area (Å²) in [6.07, 6.45) is 8.16. The first-order valence-electron chi connectivity index (χ1n) is 7.02. The van der Waals surface area contributed by atoms with Gasteiger partial charge in [0.05, 0.1) is 0 Å². The van der Waals surface area contributed by atoms with E-state index >= 15 is 0 Å². The van der Waals surface area contributed by atoms with Crippen LogP contribution in [0.3, 0.4) is 0 Å². The Morgan fingerprint density at radius 1 is 0.812 bits per heavy atom. The van der Waals surface area contributed by atoms with Crippen LogP contribution < -0.4 is 5.32 Å². The molecule has 0 aliphatic heterocycles. The highest BCUT2D eigenvalue weighted by atomic mass is 14.9. The molecule has 1 N–H and O–H groups in total. The zero-order valence-corrected chi connectivity index (χ0v) is 12.4. The van der Waals surface area contributed by atoms with Crippen molar-refractivity contribution in [3.63, 3.8) is 0 Å². The quantitative estimate of drug-likeness (QED) is 0.589. The molecule has 0 spiro atoms. The van der Waals surface area contributed by atoms with Crippen LogP contribution in [-0.2, 0) is 0 Å². The summed E-state index contributed by atoms with van der Waals surface area (Å²) in [5.74, 6) is 0. The summed E-state index contributed by atoms with van der Waals surface area (Å²) < 4.78 is 0. The largest absolute Gasteiger partial charge is 0.312 e. The van der Waals surface area contributed by atoms with Gasteiger partial charge in [0.2, 0.25) is 0 Å². The van der Waals surface area contributed by atoms with Crippen molar-refractivity contribution in [3.8, 4) is 0 Å². The summed E-state index contributed by atoms with van der Waals surface area (Å²) >= 11 is 0. The van der Waals surface area contributed by atoms with Crippen LogP contribution in [0.2, 0.25) is 0 Å². The summed E-state index contributed by atoms with van der Waals surface area (Å²) in [4.78, 5) is 0. The van der Waals surface area contributed by atoms with E-state index in [9.17, 15) is 0 Å². The molecule has 0 atom stereocenters. The average Bonchev–Trinajstić information content (AvgIpc) is 2.11. The smallest absolute Gasteiger partial charge is 0.00965 e. The first kappa shape index (κ1) is 16.0. The number of unbranched alkanes of at least 4 members (excludes halogenated alkanes) is 2. The maximum absolute atomic E-state index is 3.56. The zero-order chi connectivity index (χ0) is 12.7. The normalized spacial score (nSPS) is 13.1. The van der Waals surface area contributed by atoms with E-state index in [-0.39, 0.29) is 5.54 Å². The second-order valence-electron chi connectivity index (χ2n) is 6.90. The summed E-state index contributed by atoms with van der Waals surface area (Å²) in [5.41, 5.74) is 0.807. The van der Waals surface area contributed by atoms with Gasteiger partial charge in [-0.1, -0.05) is 40.0 Å². The number of rotatable bonds is 8. The van der Waals surface area contributed by atoms with Crippen molar-refractivity contribution in [2.24, 2.45) is 5.41 Å². The van der Waals surface area contributed by atoms with E-state index in [4.69, 9.17) is 0 Å². The molecule has 0 saturated carbocycles. The van der Waals surface area contributed by atoms with Gasteiger partial charge in [-0.15, -0.1) is 0 Å². The van der Waals surface area contributed by atoms with E-state index in [1.165, 1.54) is 38.5 Å². The molecular weight excluding hydrogens is 194 g/mol. The fraction of sp³-hybridized carbons (Fsp3) is 1.00. The lowest BCUT2D eigenvalue weighted by Crippen LogP contribution is -2.36. The highest BCUT2D eigenvalue weighted by Crippen LogP contribution is 2.28. The Balaban J connectivity index is 3.57. The molecule has 0 unspecified atom stereocenters. The lowest BCUT2D eigenvalue weighted by Gasteiger charge is -2.26. The highest BCUT2D eigenvalue weighted by molar-refractivity contribution is 4.73. The summed E-state index contributed by atoms with van der Waals surface area (Å²) in [7, 11) is 0. The predicted molar refractivity (Wildman–Crippen MR) is 74.9 cm³/mol. The molecular formula is C15H33N. The fourth-order valence-corrected chi connectivity index (χ4v) is 2.01.